The van der Waals surface area contributed by atoms with E-state index in [0.29, 0.717) is 37.5 Å². The van der Waals surface area contributed by atoms with Gasteiger partial charge in [0.2, 0.25) is 6.41 Å². The van der Waals surface area contributed by atoms with E-state index in [1.807, 2.05) is 12.1 Å². The van der Waals surface area contributed by atoms with E-state index in [-0.39, 0.29) is 17.9 Å². The molecule has 1 aliphatic rings. The van der Waals surface area contributed by atoms with E-state index in [1.54, 1.807) is 41.2 Å². The standard InChI is InChI=1S/C15H21NO4S.C10H13NO3/c1-4-19-14(17)10-8-6-7-9-11(15(18)20-5-2)13(16-3)21-12(9)10;1-13-9-4-3-8(6-11-7-12)10(5-9)14-2/h10,16H,4-8H2,1-3H3;3-5,7H,6H2,1-2H3,(H,11,12). The van der Waals surface area contributed by atoms with Gasteiger partial charge < -0.3 is 29.6 Å². The number of esters is 2. The molecular weight excluding hydrogens is 472 g/mol. The summed E-state index contributed by atoms with van der Waals surface area (Å²) in [6, 6.07) is 5.46. The first-order valence-corrected chi connectivity index (χ1v) is 12.3. The summed E-state index contributed by atoms with van der Waals surface area (Å²) in [6.07, 6.45) is 3.11. The van der Waals surface area contributed by atoms with E-state index in [9.17, 15) is 14.4 Å². The van der Waals surface area contributed by atoms with E-state index in [2.05, 4.69) is 10.6 Å². The normalized spacial score (nSPS) is 13.9. The summed E-state index contributed by atoms with van der Waals surface area (Å²) < 4.78 is 20.5. The number of amides is 1. The van der Waals surface area contributed by atoms with E-state index in [0.717, 1.165) is 46.0 Å². The average molecular weight is 507 g/mol. The highest BCUT2D eigenvalue weighted by atomic mass is 32.1. The van der Waals surface area contributed by atoms with Crippen molar-refractivity contribution in [2.24, 2.45) is 0 Å². The number of thiophene rings is 1. The summed E-state index contributed by atoms with van der Waals surface area (Å²) in [7, 11) is 4.96. The molecule has 192 valence electrons. The Balaban J connectivity index is 0.000000269. The third-order valence-electron chi connectivity index (χ3n) is 5.42. The van der Waals surface area contributed by atoms with Crippen molar-refractivity contribution in [2.75, 3.05) is 39.8 Å². The van der Waals surface area contributed by atoms with E-state index < -0.39 is 0 Å². The summed E-state index contributed by atoms with van der Waals surface area (Å²) in [4.78, 5) is 35.4. The van der Waals surface area contributed by atoms with Gasteiger partial charge in [-0.15, -0.1) is 11.3 Å². The Labute approximate surface area is 210 Å². The fourth-order valence-electron chi connectivity index (χ4n) is 3.84. The number of rotatable bonds is 10. The predicted molar refractivity (Wildman–Crippen MR) is 135 cm³/mol. The van der Waals surface area contributed by atoms with Gasteiger partial charge in [0, 0.05) is 30.1 Å². The van der Waals surface area contributed by atoms with Crippen LogP contribution in [0.2, 0.25) is 0 Å². The van der Waals surface area contributed by atoms with E-state index in [1.165, 1.54) is 11.3 Å². The van der Waals surface area contributed by atoms with Gasteiger partial charge in [-0.1, -0.05) is 0 Å². The molecule has 3 rings (SSSR count). The highest BCUT2D eigenvalue weighted by molar-refractivity contribution is 7.17. The number of carbonyl (C=O) groups excluding carboxylic acids is 3. The summed E-state index contributed by atoms with van der Waals surface area (Å²) in [5, 5.41) is 6.40. The SMILES string of the molecule is CCOC(=O)c1c(NC)sc2c1CCCC2C(=O)OCC.COc1ccc(CNC=O)c(OC)c1. The first-order valence-electron chi connectivity index (χ1n) is 11.5. The molecule has 1 aromatic carbocycles. The number of benzene rings is 1. The number of ether oxygens (including phenoxy) is 4. The molecule has 2 aromatic rings. The van der Waals surface area contributed by atoms with Gasteiger partial charge >= 0.3 is 11.9 Å². The largest absolute Gasteiger partial charge is 0.497 e. The van der Waals surface area contributed by atoms with Gasteiger partial charge in [0.25, 0.3) is 0 Å². The second-order valence-corrected chi connectivity index (χ2v) is 8.55. The number of anilines is 1. The Kier molecular flexibility index (Phi) is 11.4. The summed E-state index contributed by atoms with van der Waals surface area (Å²) in [5.41, 5.74) is 2.46. The van der Waals surface area contributed by atoms with Crippen LogP contribution >= 0.6 is 11.3 Å². The van der Waals surface area contributed by atoms with Gasteiger partial charge in [0.15, 0.2) is 0 Å². The Morgan fingerprint density at radius 3 is 2.49 bits per heavy atom. The molecule has 1 amide bonds. The molecule has 0 fully saturated rings. The van der Waals surface area contributed by atoms with Gasteiger partial charge in [-0.2, -0.15) is 0 Å². The van der Waals surface area contributed by atoms with Crippen LogP contribution in [0.25, 0.3) is 0 Å². The first kappa shape index (κ1) is 28.0. The van der Waals surface area contributed by atoms with Crippen molar-refractivity contribution in [3.63, 3.8) is 0 Å². The second kappa shape index (κ2) is 14.2. The zero-order valence-corrected chi connectivity index (χ0v) is 21.7. The van der Waals surface area contributed by atoms with Crippen molar-refractivity contribution in [1.82, 2.24) is 5.32 Å². The Morgan fingerprint density at radius 2 is 1.89 bits per heavy atom. The monoisotopic (exact) mass is 506 g/mol. The summed E-state index contributed by atoms with van der Waals surface area (Å²) in [5.74, 6) is 0.672. The predicted octanol–water partition coefficient (Wildman–Crippen LogP) is 3.90. The molecule has 0 aliphatic heterocycles. The zero-order chi connectivity index (χ0) is 25.8. The van der Waals surface area contributed by atoms with Crippen molar-refractivity contribution < 1.29 is 33.3 Å². The minimum atomic E-state index is -0.316. The molecule has 1 unspecified atom stereocenters. The molecule has 10 heteroatoms. The van der Waals surface area contributed by atoms with Crippen molar-refractivity contribution in [1.29, 1.82) is 0 Å². The Hall–Kier alpha value is -3.27. The molecule has 1 aromatic heterocycles. The van der Waals surface area contributed by atoms with Crippen LogP contribution in [0.3, 0.4) is 0 Å². The zero-order valence-electron chi connectivity index (χ0n) is 20.9. The van der Waals surface area contributed by atoms with Crippen LogP contribution in [0, 0.1) is 0 Å². The molecule has 1 atom stereocenters. The second-order valence-electron chi connectivity index (χ2n) is 7.49. The number of hydrogen-bond donors (Lipinski definition) is 2. The van der Waals surface area contributed by atoms with Crippen LogP contribution in [0.15, 0.2) is 18.2 Å². The molecular formula is C25H34N2O7S. The molecule has 0 bridgehead atoms. The molecule has 0 spiro atoms. The molecule has 9 nitrogen and oxygen atoms in total. The van der Waals surface area contributed by atoms with Crippen LogP contribution in [0.4, 0.5) is 5.00 Å². The Morgan fingerprint density at radius 1 is 1.14 bits per heavy atom. The third-order valence-corrected chi connectivity index (χ3v) is 6.79. The summed E-state index contributed by atoms with van der Waals surface area (Å²) >= 11 is 1.47. The van der Waals surface area contributed by atoms with Gasteiger partial charge in [0.1, 0.15) is 16.5 Å². The maximum absolute atomic E-state index is 12.2. The molecule has 1 heterocycles. The number of nitrogens with one attached hydrogen (secondary N) is 2. The van der Waals surface area contributed by atoms with Crippen LogP contribution in [0.1, 0.15) is 59.0 Å². The lowest BCUT2D eigenvalue weighted by molar-refractivity contribution is -0.145. The minimum Gasteiger partial charge on any atom is -0.497 e. The topological polar surface area (TPSA) is 112 Å². The van der Waals surface area contributed by atoms with Crippen molar-refractivity contribution in [3.05, 3.63) is 39.8 Å². The lowest BCUT2D eigenvalue weighted by atomic mass is 9.87. The number of methoxy groups -OCH3 is 2. The van der Waals surface area contributed by atoms with E-state index >= 15 is 0 Å². The quantitative estimate of drug-likeness (QED) is 0.369. The van der Waals surface area contributed by atoms with Crippen LogP contribution in [-0.2, 0) is 32.0 Å². The molecule has 0 radical (unpaired) electrons. The van der Waals surface area contributed by atoms with Gasteiger partial charge in [0.05, 0.1) is 38.9 Å². The lowest BCUT2D eigenvalue weighted by Gasteiger charge is -2.21. The number of fused-ring (bicyclic) bond motifs is 1. The van der Waals surface area contributed by atoms with Crippen LogP contribution in [0.5, 0.6) is 11.5 Å². The first-order chi connectivity index (χ1) is 16.9. The van der Waals surface area contributed by atoms with Crippen molar-refractivity contribution >= 4 is 34.7 Å². The molecule has 2 N–H and O–H groups in total. The van der Waals surface area contributed by atoms with Crippen LogP contribution in [-0.4, -0.2) is 52.8 Å². The smallest absolute Gasteiger partial charge is 0.341 e. The summed E-state index contributed by atoms with van der Waals surface area (Å²) in [6.45, 7) is 4.76. The maximum atomic E-state index is 12.2. The van der Waals surface area contributed by atoms with Gasteiger partial charge in [-0.25, -0.2) is 4.79 Å². The molecule has 35 heavy (non-hydrogen) atoms. The number of carbonyl (C=O) groups is 3. The van der Waals surface area contributed by atoms with Crippen LogP contribution < -0.4 is 20.1 Å². The Bertz CT molecular complexity index is 1010. The van der Waals surface area contributed by atoms with Crippen molar-refractivity contribution in [3.8, 4) is 11.5 Å². The molecule has 0 saturated carbocycles. The minimum absolute atomic E-state index is 0.197. The fraction of sp³-hybridized carbons (Fsp3) is 0.480. The van der Waals surface area contributed by atoms with Crippen molar-refractivity contribution in [2.45, 2.75) is 45.6 Å². The molecule has 0 saturated heterocycles. The third kappa shape index (κ3) is 7.11. The van der Waals surface area contributed by atoms with Gasteiger partial charge in [-0.05, 0) is 50.8 Å². The highest BCUT2D eigenvalue weighted by Gasteiger charge is 2.34. The van der Waals surface area contributed by atoms with E-state index in [4.69, 9.17) is 18.9 Å². The van der Waals surface area contributed by atoms with Gasteiger partial charge in [-0.3, -0.25) is 9.59 Å². The molecule has 1 aliphatic carbocycles. The average Bonchev–Trinajstić information content (AvgIpc) is 3.27. The fourth-order valence-corrected chi connectivity index (χ4v) is 5.15. The number of hydrogen-bond acceptors (Lipinski definition) is 9. The highest BCUT2D eigenvalue weighted by Crippen LogP contribution is 2.44. The lowest BCUT2D eigenvalue weighted by Crippen LogP contribution is -2.20. The maximum Gasteiger partial charge on any atom is 0.341 e.